The van der Waals surface area contributed by atoms with Crippen LogP contribution >= 0.6 is 0 Å². The van der Waals surface area contributed by atoms with Crippen LogP contribution in [0.1, 0.15) is 24.0 Å². The normalized spacial score (nSPS) is 22.5. The molecule has 1 amide bonds. The Morgan fingerprint density at radius 1 is 1.19 bits per heavy atom. The molecule has 4 heterocycles. The van der Waals surface area contributed by atoms with E-state index in [0.717, 1.165) is 43.8 Å². The molecule has 138 valence electrons. The molecule has 2 aromatic heterocycles. The highest BCUT2D eigenvalue weighted by molar-refractivity contribution is 5.88. The first-order chi connectivity index (χ1) is 13.1. The number of amides is 1. The lowest BCUT2D eigenvalue weighted by atomic mass is 9.85. The number of pyridine rings is 1. The smallest absolute Gasteiger partial charge is 0.231 e. The third-order valence-corrected chi connectivity index (χ3v) is 6.22. The van der Waals surface area contributed by atoms with Gasteiger partial charge in [-0.05, 0) is 49.1 Å². The Morgan fingerprint density at radius 3 is 2.93 bits per heavy atom. The summed E-state index contributed by atoms with van der Waals surface area (Å²) in [6, 6.07) is 12.4. The number of rotatable bonds is 3. The van der Waals surface area contributed by atoms with Crippen molar-refractivity contribution in [2.75, 3.05) is 24.5 Å². The monoisotopic (exact) mass is 360 g/mol. The molecule has 1 N–H and O–H groups in total. The van der Waals surface area contributed by atoms with Gasteiger partial charge in [0.2, 0.25) is 5.91 Å². The average Bonchev–Trinajstić information content (AvgIpc) is 3.37. The van der Waals surface area contributed by atoms with Crippen molar-refractivity contribution in [2.24, 2.45) is 5.41 Å². The van der Waals surface area contributed by atoms with Gasteiger partial charge < -0.3 is 14.8 Å². The summed E-state index contributed by atoms with van der Waals surface area (Å²) in [5.74, 6) is 1.30. The zero-order chi connectivity index (χ0) is 18.4. The third-order valence-electron chi connectivity index (χ3n) is 6.22. The Bertz CT molecular complexity index is 1010. The number of nitrogens with zero attached hydrogens (tertiary/aromatic N) is 3. The topological polar surface area (TPSA) is 52.2 Å². The van der Waals surface area contributed by atoms with Crippen LogP contribution in [0.15, 0.2) is 48.8 Å². The summed E-state index contributed by atoms with van der Waals surface area (Å²) in [6.07, 6.45) is 5.76. The van der Waals surface area contributed by atoms with Crippen molar-refractivity contribution in [3.05, 3.63) is 59.9 Å². The van der Waals surface area contributed by atoms with Crippen molar-refractivity contribution < 1.29 is 4.79 Å². The van der Waals surface area contributed by atoms with Gasteiger partial charge in [0.05, 0.1) is 5.41 Å². The van der Waals surface area contributed by atoms with Crippen LogP contribution in [0.3, 0.4) is 0 Å². The van der Waals surface area contributed by atoms with E-state index >= 15 is 0 Å². The highest BCUT2D eigenvalue weighted by Gasteiger charge is 2.50. The fourth-order valence-electron chi connectivity index (χ4n) is 4.65. The van der Waals surface area contributed by atoms with E-state index in [4.69, 9.17) is 0 Å². The fourth-order valence-corrected chi connectivity index (χ4v) is 4.65. The maximum atomic E-state index is 13.3. The molecule has 2 aliphatic rings. The lowest BCUT2D eigenvalue weighted by Gasteiger charge is -2.24. The van der Waals surface area contributed by atoms with Gasteiger partial charge >= 0.3 is 0 Å². The zero-order valence-corrected chi connectivity index (χ0v) is 15.6. The molecule has 0 radical (unpaired) electrons. The molecule has 3 aromatic rings. The van der Waals surface area contributed by atoms with Gasteiger partial charge in [0.1, 0.15) is 5.82 Å². The molecule has 1 unspecified atom stereocenters. The van der Waals surface area contributed by atoms with Crippen molar-refractivity contribution >= 4 is 22.6 Å². The largest absolute Gasteiger partial charge is 0.361 e. The average molecular weight is 360 g/mol. The molecule has 5 heteroatoms. The zero-order valence-electron chi connectivity index (χ0n) is 15.6. The molecule has 1 spiro atoms. The van der Waals surface area contributed by atoms with Crippen molar-refractivity contribution in [2.45, 2.75) is 26.3 Å². The summed E-state index contributed by atoms with van der Waals surface area (Å²) >= 11 is 0. The first-order valence-electron chi connectivity index (χ1n) is 9.67. The quantitative estimate of drug-likeness (QED) is 0.778. The second-order valence-electron chi connectivity index (χ2n) is 7.98. The molecule has 2 fully saturated rings. The van der Waals surface area contributed by atoms with Crippen LogP contribution in [0.5, 0.6) is 0 Å². The van der Waals surface area contributed by atoms with E-state index in [1.54, 1.807) is 0 Å². The molecule has 1 atom stereocenters. The van der Waals surface area contributed by atoms with Crippen LogP contribution in [0.25, 0.3) is 10.9 Å². The second-order valence-corrected chi connectivity index (χ2v) is 7.98. The molecule has 2 saturated heterocycles. The summed E-state index contributed by atoms with van der Waals surface area (Å²) < 4.78 is 0. The Hall–Kier alpha value is -2.82. The van der Waals surface area contributed by atoms with Gasteiger partial charge in [-0.1, -0.05) is 18.2 Å². The Balaban J connectivity index is 1.34. The van der Waals surface area contributed by atoms with Crippen molar-refractivity contribution in [3.63, 3.8) is 0 Å². The molecule has 27 heavy (non-hydrogen) atoms. The van der Waals surface area contributed by atoms with Gasteiger partial charge in [-0.25, -0.2) is 4.98 Å². The second kappa shape index (κ2) is 6.12. The number of hydrogen-bond donors (Lipinski definition) is 1. The number of nitrogens with one attached hydrogen (secondary N) is 1. The Kier molecular flexibility index (Phi) is 3.71. The van der Waals surface area contributed by atoms with Crippen LogP contribution in [0.4, 0.5) is 5.82 Å². The lowest BCUT2D eigenvalue weighted by molar-refractivity contribution is -0.135. The first-order valence-corrected chi connectivity index (χ1v) is 9.67. The van der Waals surface area contributed by atoms with E-state index in [-0.39, 0.29) is 5.41 Å². The molecule has 1 aromatic carbocycles. The number of aryl methyl sites for hydroxylation is 1. The fraction of sp³-hybridized carbons (Fsp3) is 0.364. The number of fused-ring (bicyclic) bond motifs is 1. The molecule has 0 aliphatic carbocycles. The Morgan fingerprint density at radius 2 is 2.04 bits per heavy atom. The number of benzene rings is 1. The highest BCUT2D eigenvalue weighted by Crippen LogP contribution is 2.42. The van der Waals surface area contributed by atoms with Gasteiger partial charge in [0.25, 0.3) is 0 Å². The maximum absolute atomic E-state index is 13.3. The van der Waals surface area contributed by atoms with E-state index in [0.29, 0.717) is 12.5 Å². The lowest BCUT2D eigenvalue weighted by Crippen LogP contribution is -2.36. The highest BCUT2D eigenvalue weighted by atomic mass is 16.2. The summed E-state index contributed by atoms with van der Waals surface area (Å²) in [6.45, 7) is 5.30. The van der Waals surface area contributed by atoms with Gasteiger partial charge in [-0.2, -0.15) is 0 Å². The molecule has 0 bridgehead atoms. The van der Waals surface area contributed by atoms with Crippen molar-refractivity contribution in [3.8, 4) is 0 Å². The number of para-hydroxylation sites is 1. The van der Waals surface area contributed by atoms with Gasteiger partial charge in [-0.15, -0.1) is 0 Å². The molecule has 5 nitrogen and oxygen atoms in total. The number of hydrogen-bond acceptors (Lipinski definition) is 3. The van der Waals surface area contributed by atoms with Crippen LogP contribution in [-0.4, -0.2) is 40.4 Å². The van der Waals surface area contributed by atoms with E-state index in [1.807, 2.05) is 29.4 Å². The van der Waals surface area contributed by atoms with E-state index in [2.05, 4.69) is 46.1 Å². The minimum absolute atomic E-state index is 0.239. The Labute approximate surface area is 159 Å². The van der Waals surface area contributed by atoms with Crippen LogP contribution in [-0.2, 0) is 11.3 Å². The summed E-state index contributed by atoms with van der Waals surface area (Å²) in [5.41, 5.74) is 3.30. The molecule has 0 saturated carbocycles. The standard InChI is InChI=1S/C22H24N4O/c1-16-6-9-23-20(12-16)26-11-8-22(15-26)7-10-25(21(22)27)14-17-13-24-19-5-3-2-4-18(17)19/h2-6,9,12-13,24H,7-8,10-11,14-15H2,1H3. The molecular formula is C22H24N4O. The third kappa shape index (κ3) is 2.69. The van der Waals surface area contributed by atoms with Gasteiger partial charge in [0, 0.05) is 49.5 Å². The minimum atomic E-state index is -0.239. The van der Waals surface area contributed by atoms with Crippen molar-refractivity contribution in [1.29, 1.82) is 0 Å². The number of aromatic nitrogens is 2. The van der Waals surface area contributed by atoms with Crippen LogP contribution in [0, 0.1) is 12.3 Å². The molecular weight excluding hydrogens is 336 g/mol. The number of carbonyl (C=O) groups excluding carboxylic acids is 1. The van der Waals surface area contributed by atoms with Crippen LogP contribution < -0.4 is 4.90 Å². The predicted octanol–water partition coefficient (Wildman–Crippen LogP) is 3.50. The number of H-pyrrole nitrogens is 1. The summed E-state index contributed by atoms with van der Waals surface area (Å²) in [5, 5.41) is 1.21. The predicted molar refractivity (Wildman–Crippen MR) is 107 cm³/mol. The SMILES string of the molecule is Cc1ccnc(N2CCC3(CCN(Cc4c[nH]c5ccccc45)C3=O)C2)c1. The van der Waals surface area contributed by atoms with Crippen molar-refractivity contribution in [1.82, 2.24) is 14.9 Å². The summed E-state index contributed by atoms with van der Waals surface area (Å²) in [4.78, 5) is 25.5. The number of aromatic amines is 1. The van der Waals surface area contributed by atoms with Gasteiger partial charge in [-0.3, -0.25) is 4.79 Å². The number of carbonyl (C=O) groups is 1. The molecule has 5 rings (SSSR count). The molecule has 2 aliphatic heterocycles. The van der Waals surface area contributed by atoms with E-state index < -0.39 is 0 Å². The number of anilines is 1. The minimum Gasteiger partial charge on any atom is -0.361 e. The summed E-state index contributed by atoms with van der Waals surface area (Å²) in [7, 11) is 0. The first kappa shape index (κ1) is 16.4. The van der Waals surface area contributed by atoms with Crippen LogP contribution in [0.2, 0.25) is 0 Å². The van der Waals surface area contributed by atoms with Gasteiger partial charge in [0.15, 0.2) is 0 Å². The van der Waals surface area contributed by atoms with E-state index in [9.17, 15) is 4.79 Å². The van der Waals surface area contributed by atoms with E-state index in [1.165, 1.54) is 16.5 Å². The number of likely N-dealkylation sites (tertiary alicyclic amines) is 1. The maximum Gasteiger partial charge on any atom is 0.231 e.